The van der Waals surface area contributed by atoms with Crippen LogP contribution in [0.25, 0.3) is 10.8 Å². The summed E-state index contributed by atoms with van der Waals surface area (Å²) in [4.78, 5) is 12.9. The van der Waals surface area contributed by atoms with E-state index in [9.17, 15) is 9.90 Å². The Bertz CT molecular complexity index is 1320. The van der Waals surface area contributed by atoms with Crippen LogP contribution >= 0.6 is 0 Å². The number of unbranched alkanes of at least 4 members (excludes halogenated alkanes) is 1. The third-order valence-electron chi connectivity index (χ3n) is 7.37. The Balaban J connectivity index is 1.17. The molecule has 2 unspecified atom stereocenters. The maximum absolute atomic E-state index is 11.6. The van der Waals surface area contributed by atoms with Crippen LogP contribution in [0.3, 0.4) is 0 Å². The first kappa shape index (κ1) is 25.8. The largest absolute Gasteiger partial charge is 0.530 e. The fourth-order valence-electron chi connectivity index (χ4n) is 5.24. The Morgan fingerprint density at radius 1 is 0.842 bits per heavy atom. The fourth-order valence-corrected chi connectivity index (χ4v) is 5.24. The monoisotopic (exact) mass is 508 g/mol. The number of fused-ring (bicyclic) bond motifs is 1. The first-order valence-corrected chi connectivity index (χ1v) is 13.5. The van der Waals surface area contributed by atoms with Gasteiger partial charge >= 0.3 is 0 Å². The first-order chi connectivity index (χ1) is 18.7. The molecule has 4 aromatic rings. The number of rotatable bonds is 10. The number of aryl methyl sites for hydroxylation is 1. The highest BCUT2D eigenvalue weighted by Gasteiger charge is 2.31. The summed E-state index contributed by atoms with van der Waals surface area (Å²) in [6, 6.07) is 33.3. The van der Waals surface area contributed by atoms with Crippen LogP contribution in [0.15, 0.2) is 97.1 Å². The van der Waals surface area contributed by atoms with Crippen molar-refractivity contribution in [3.8, 4) is 5.75 Å². The van der Waals surface area contributed by atoms with Gasteiger partial charge in [-0.25, -0.2) is 0 Å². The van der Waals surface area contributed by atoms with Crippen molar-refractivity contribution < 1.29 is 19.4 Å². The average Bonchev–Trinajstić information content (AvgIpc) is 2.96. The Morgan fingerprint density at radius 3 is 2.39 bits per heavy atom. The van der Waals surface area contributed by atoms with Gasteiger partial charge in [0, 0.05) is 19.0 Å². The van der Waals surface area contributed by atoms with Crippen LogP contribution in [-0.2, 0) is 17.8 Å². The van der Waals surface area contributed by atoms with Gasteiger partial charge in [-0.3, -0.25) is 0 Å². The second kappa shape index (κ2) is 12.6. The smallest absolute Gasteiger partial charge is 0.137 e. The van der Waals surface area contributed by atoms with E-state index in [1.165, 1.54) is 21.2 Å². The van der Waals surface area contributed by atoms with Gasteiger partial charge in [-0.15, -0.1) is 0 Å². The van der Waals surface area contributed by atoms with Gasteiger partial charge < -0.3 is 24.3 Å². The SMILES string of the molecule is O=C([O-])N1CCC(c2ccc(OCCCCc3ccccc3)cc2)C(OCc2ccc3ccccc3c2)C1. The number of benzene rings is 4. The average molecular weight is 509 g/mol. The number of amides is 1. The predicted molar refractivity (Wildman–Crippen MR) is 148 cm³/mol. The molecule has 1 saturated heterocycles. The van der Waals surface area contributed by atoms with Crippen molar-refractivity contribution >= 4 is 16.9 Å². The number of carboxylic acid groups (broad SMARTS) is 1. The number of ether oxygens (including phenoxy) is 2. The number of carbonyl (C=O) groups is 1. The van der Waals surface area contributed by atoms with Gasteiger partial charge in [0.25, 0.3) is 0 Å². The molecule has 0 saturated carbocycles. The van der Waals surface area contributed by atoms with Crippen LogP contribution in [0.2, 0.25) is 0 Å². The van der Waals surface area contributed by atoms with Gasteiger partial charge in [0.05, 0.1) is 19.3 Å². The van der Waals surface area contributed by atoms with E-state index in [1.807, 2.05) is 30.3 Å². The quantitative estimate of drug-likeness (QED) is 0.248. The van der Waals surface area contributed by atoms with E-state index < -0.39 is 6.09 Å². The van der Waals surface area contributed by atoms with Gasteiger partial charge in [0.1, 0.15) is 11.8 Å². The molecule has 0 N–H and O–H groups in total. The van der Waals surface area contributed by atoms with Crippen LogP contribution in [0.1, 0.15) is 41.9 Å². The number of piperidine rings is 1. The summed E-state index contributed by atoms with van der Waals surface area (Å²) in [5, 5.41) is 13.9. The highest BCUT2D eigenvalue weighted by molar-refractivity contribution is 5.82. The third kappa shape index (κ3) is 6.73. The molecule has 196 valence electrons. The van der Waals surface area contributed by atoms with Crippen molar-refractivity contribution in [1.29, 1.82) is 0 Å². The van der Waals surface area contributed by atoms with Crippen molar-refractivity contribution in [3.05, 3.63) is 114 Å². The van der Waals surface area contributed by atoms with Gasteiger partial charge in [0.2, 0.25) is 0 Å². The predicted octanol–water partition coefficient (Wildman–Crippen LogP) is 5.96. The van der Waals surface area contributed by atoms with Crippen molar-refractivity contribution in [1.82, 2.24) is 4.90 Å². The molecule has 38 heavy (non-hydrogen) atoms. The molecule has 0 aromatic heterocycles. The van der Waals surface area contributed by atoms with Gasteiger partial charge in [-0.2, -0.15) is 0 Å². The van der Waals surface area contributed by atoms with E-state index >= 15 is 0 Å². The van der Waals surface area contributed by atoms with Crippen LogP contribution < -0.4 is 9.84 Å². The standard InChI is InChI=1S/C33H35NO4/c35-33(36)34-20-19-31(32(23-34)38-24-26-13-14-27-11-4-5-12-29(27)22-26)28-15-17-30(18-16-28)37-21-7-6-10-25-8-2-1-3-9-25/h1-5,8-9,11-18,22,31-32H,6-7,10,19-21,23-24H2,(H,35,36)/p-1. The lowest BCUT2D eigenvalue weighted by atomic mass is 9.87. The summed E-state index contributed by atoms with van der Waals surface area (Å²) in [5.74, 6) is 0.959. The molecule has 1 aliphatic rings. The summed E-state index contributed by atoms with van der Waals surface area (Å²) >= 11 is 0. The number of hydrogen-bond acceptors (Lipinski definition) is 4. The summed E-state index contributed by atoms with van der Waals surface area (Å²) in [6.45, 7) is 1.87. The maximum Gasteiger partial charge on any atom is 0.137 e. The highest BCUT2D eigenvalue weighted by Crippen LogP contribution is 2.32. The molecule has 4 aromatic carbocycles. The first-order valence-electron chi connectivity index (χ1n) is 13.5. The van der Waals surface area contributed by atoms with Crippen molar-refractivity contribution in [2.45, 2.75) is 44.3 Å². The zero-order chi connectivity index (χ0) is 26.2. The molecule has 5 nitrogen and oxygen atoms in total. The molecule has 0 bridgehead atoms. The Morgan fingerprint density at radius 2 is 1.61 bits per heavy atom. The molecule has 0 spiro atoms. The lowest BCUT2D eigenvalue weighted by Crippen LogP contribution is -2.51. The van der Waals surface area contributed by atoms with Crippen molar-refractivity contribution in [3.63, 3.8) is 0 Å². The van der Waals surface area contributed by atoms with Crippen molar-refractivity contribution in [2.24, 2.45) is 0 Å². The minimum Gasteiger partial charge on any atom is -0.530 e. The molecule has 1 aliphatic heterocycles. The van der Waals surface area contributed by atoms with Crippen LogP contribution in [0.4, 0.5) is 4.79 Å². The summed E-state index contributed by atoms with van der Waals surface area (Å²) < 4.78 is 12.3. The minimum atomic E-state index is -1.14. The third-order valence-corrected chi connectivity index (χ3v) is 7.37. The topological polar surface area (TPSA) is 61.8 Å². The minimum absolute atomic E-state index is 0.103. The lowest BCUT2D eigenvalue weighted by molar-refractivity contribution is -0.268. The number of nitrogens with zero attached hydrogens (tertiary/aromatic N) is 1. The molecular weight excluding hydrogens is 474 g/mol. The van der Waals surface area contributed by atoms with E-state index in [1.54, 1.807) is 0 Å². The molecular formula is C33H34NO4-. The lowest BCUT2D eigenvalue weighted by Gasteiger charge is -2.40. The van der Waals surface area contributed by atoms with Crippen molar-refractivity contribution in [2.75, 3.05) is 19.7 Å². The molecule has 2 atom stereocenters. The summed E-state index contributed by atoms with van der Waals surface area (Å²) in [5.41, 5.74) is 3.57. The molecule has 5 heteroatoms. The number of carbonyl (C=O) groups excluding carboxylic acids is 1. The Hall–Kier alpha value is -3.83. The van der Waals surface area contributed by atoms with E-state index in [2.05, 4.69) is 66.7 Å². The molecule has 1 heterocycles. The van der Waals surface area contributed by atoms with E-state index in [-0.39, 0.29) is 12.0 Å². The van der Waals surface area contributed by atoms with Gasteiger partial charge in [-0.1, -0.05) is 78.9 Å². The second-order valence-corrected chi connectivity index (χ2v) is 10.00. The van der Waals surface area contributed by atoms with Crippen LogP contribution in [0, 0.1) is 0 Å². The van der Waals surface area contributed by atoms with E-state index in [4.69, 9.17) is 9.47 Å². The molecule has 0 radical (unpaired) electrons. The Kier molecular flexibility index (Phi) is 8.56. The zero-order valence-corrected chi connectivity index (χ0v) is 21.6. The summed E-state index contributed by atoms with van der Waals surface area (Å²) in [7, 11) is 0. The van der Waals surface area contributed by atoms with Gasteiger partial charge in [0.15, 0.2) is 0 Å². The number of likely N-dealkylation sites (tertiary alicyclic amines) is 1. The van der Waals surface area contributed by atoms with E-state index in [0.29, 0.717) is 32.7 Å². The molecule has 1 amide bonds. The number of hydrogen-bond donors (Lipinski definition) is 0. The maximum atomic E-state index is 11.6. The van der Waals surface area contributed by atoms with E-state index in [0.717, 1.165) is 36.1 Å². The Labute approximate surface area is 224 Å². The molecule has 0 aliphatic carbocycles. The normalized spacial score (nSPS) is 17.4. The zero-order valence-electron chi connectivity index (χ0n) is 21.6. The molecule has 1 fully saturated rings. The van der Waals surface area contributed by atoms with Gasteiger partial charge in [-0.05, 0) is 71.3 Å². The van der Waals surface area contributed by atoms with Crippen LogP contribution in [-0.4, -0.2) is 36.8 Å². The summed E-state index contributed by atoms with van der Waals surface area (Å²) in [6.07, 6.45) is 2.46. The van der Waals surface area contributed by atoms with Crippen LogP contribution in [0.5, 0.6) is 5.75 Å². The molecule has 5 rings (SSSR count). The highest BCUT2D eigenvalue weighted by atomic mass is 16.5. The fraction of sp³-hybridized carbons (Fsp3) is 0.303. The second-order valence-electron chi connectivity index (χ2n) is 10.00.